The summed E-state index contributed by atoms with van der Waals surface area (Å²) in [5, 5.41) is 1.65. The second-order valence-corrected chi connectivity index (χ2v) is 11.1. The molecule has 2 amide bonds. The molecule has 3 N–H and O–H groups in total. The van der Waals surface area contributed by atoms with Crippen molar-refractivity contribution in [2.45, 2.75) is 37.6 Å². The number of hydrogen-bond donors (Lipinski definition) is 2. The topological polar surface area (TPSA) is 82.4 Å². The molecule has 0 bridgehead atoms. The van der Waals surface area contributed by atoms with Gasteiger partial charge in [0.05, 0.1) is 5.69 Å². The molecule has 194 valence electrons. The molecule has 5 rings (SSSR count). The summed E-state index contributed by atoms with van der Waals surface area (Å²) in [4.78, 5) is 33.7. The predicted molar refractivity (Wildman–Crippen MR) is 149 cm³/mol. The molecule has 0 saturated carbocycles. The van der Waals surface area contributed by atoms with Gasteiger partial charge in [-0.15, -0.1) is 0 Å². The number of amides is 2. The third-order valence-corrected chi connectivity index (χ3v) is 8.50. The lowest BCUT2D eigenvalue weighted by Gasteiger charge is -2.48. The van der Waals surface area contributed by atoms with Crippen LogP contribution in [0.15, 0.2) is 48.5 Å². The van der Waals surface area contributed by atoms with Crippen LogP contribution in [0.3, 0.4) is 0 Å². The summed E-state index contributed by atoms with van der Waals surface area (Å²) in [7, 11) is 0. The highest BCUT2D eigenvalue weighted by Gasteiger charge is 2.46. The Labute approximate surface area is 231 Å². The minimum absolute atomic E-state index is 0.122. The van der Waals surface area contributed by atoms with Crippen molar-refractivity contribution in [3.8, 4) is 22.4 Å². The Hall–Kier alpha value is -2.51. The van der Waals surface area contributed by atoms with Crippen LogP contribution in [0.25, 0.3) is 22.4 Å². The van der Waals surface area contributed by atoms with Gasteiger partial charge in [-0.1, -0.05) is 59.4 Å². The van der Waals surface area contributed by atoms with Crippen LogP contribution in [-0.2, 0) is 4.79 Å². The van der Waals surface area contributed by atoms with Crippen molar-refractivity contribution in [2.24, 2.45) is 5.73 Å². The molecule has 2 aliphatic heterocycles. The van der Waals surface area contributed by atoms with Gasteiger partial charge in [-0.3, -0.25) is 14.5 Å². The smallest absolute Gasteiger partial charge is 0.270 e. The molecule has 0 spiro atoms. The number of carbonyl (C=O) groups is 2. The van der Waals surface area contributed by atoms with E-state index in [1.807, 2.05) is 24.3 Å². The molecule has 2 saturated heterocycles. The van der Waals surface area contributed by atoms with E-state index in [9.17, 15) is 9.59 Å². The SMILES string of the molecule is NC(=O)C1(N2CCCCC2)CCN(C(=O)c2cc(-c3ccc(Cl)cc3Cl)c(-c3ccc(Cl)cc3)[nH]2)CC1. The van der Waals surface area contributed by atoms with Crippen LogP contribution in [0.2, 0.25) is 15.1 Å². The zero-order valence-electron chi connectivity index (χ0n) is 20.4. The lowest BCUT2D eigenvalue weighted by Crippen LogP contribution is -2.63. The van der Waals surface area contributed by atoms with Gasteiger partial charge in [-0.05, 0) is 74.7 Å². The summed E-state index contributed by atoms with van der Waals surface area (Å²) in [5.41, 5.74) is 8.91. The Kier molecular flexibility index (Phi) is 7.55. The summed E-state index contributed by atoms with van der Waals surface area (Å²) in [5.74, 6) is -0.408. The summed E-state index contributed by atoms with van der Waals surface area (Å²) >= 11 is 18.8. The Morgan fingerprint density at radius 3 is 2.08 bits per heavy atom. The molecule has 0 radical (unpaired) electrons. The van der Waals surface area contributed by atoms with E-state index in [0.29, 0.717) is 46.7 Å². The lowest BCUT2D eigenvalue weighted by atomic mass is 9.83. The maximum atomic E-state index is 13.7. The van der Waals surface area contributed by atoms with E-state index < -0.39 is 5.54 Å². The van der Waals surface area contributed by atoms with E-state index in [-0.39, 0.29) is 11.8 Å². The van der Waals surface area contributed by atoms with E-state index in [1.165, 1.54) is 6.42 Å². The third kappa shape index (κ3) is 5.13. The van der Waals surface area contributed by atoms with Crippen LogP contribution in [-0.4, -0.2) is 58.3 Å². The number of H-pyrrole nitrogens is 1. The maximum absolute atomic E-state index is 13.7. The van der Waals surface area contributed by atoms with Crippen molar-refractivity contribution >= 4 is 46.6 Å². The van der Waals surface area contributed by atoms with Crippen LogP contribution in [0.5, 0.6) is 0 Å². The second-order valence-electron chi connectivity index (χ2n) is 9.84. The Bertz CT molecular complexity index is 1310. The fourth-order valence-electron chi connectivity index (χ4n) is 5.62. The normalized spacial score (nSPS) is 18.1. The van der Waals surface area contributed by atoms with E-state index in [0.717, 1.165) is 48.3 Å². The van der Waals surface area contributed by atoms with Crippen LogP contribution in [0, 0.1) is 0 Å². The summed E-state index contributed by atoms with van der Waals surface area (Å²) in [6, 6.07) is 14.6. The summed E-state index contributed by atoms with van der Waals surface area (Å²) < 4.78 is 0. The van der Waals surface area contributed by atoms with E-state index in [4.69, 9.17) is 40.5 Å². The van der Waals surface area contributed by atoms with Crippen molar-refractivity contribution in [3.05, 3.63) is 69.3 Å². The molecule has 0 aliphatic carbocycles. The third-order valence-electron chi connectivity index (χ3n) is 7.70. The molecular weight excluding hydrogens is 531 g/mol. The Morgan fingerprint density at radius 2 is 1.46 bits per heavy atom. The van der Waals surface area contributed by atoms with E-state index >= 15 is 0 Å². The first-order chi connectivity index (χ1) is 17.8. The number of aromatic nitrogens is 1. The van der Waals surface area contributed by atoms with Crippen LogP contribution >= 0.6 is 34.8 Å². The zero-order valence-corrected chi connectivity index (χ0v) is 22.7. The molecule has 0 unspecified atom stereocenters. The van der Waals surface area contributed by atoms with Gasteiger partial charge >= 0.3 is 0 Å². The number of rotatable bonds is 5. The molecule has 6 nitrogen and oxygen atoms in total. The average molecular weight is 560 g/mol. The van der Waals surface area contributed by atoms with E-state index in [2.05, 4.69) is 9.88 Å². The first-order valence-electron chi connectivity index (χ1n) is 12.6. The molecule has 2 aromatic carbocycles. The number of hydrogen-bond acceptors (Lipinski definition) is 3. The predicted octanol–water partition coefficient (Wildman–Crippen LogP) is 6.25. The summed E-state index contributed by atoms with van der Waals surface area (Å²) in [6.07, 6.45) is 4.40. The van der Waals surface area contributed by atoms with Crippen molar-refractivity contribution < 1.29 is 9.59 Å². The number of carbonyl (C=O) groups excluding carboxylic acids is 2. The number of primary amides is 1. The van der Waals surface area contributed by atoms with Crippen LogP contribution in [0.4, 0.5) is 0 Å². The minimum Gasteiger partial charge on any atom is -0.368 e. The number of likely N-dealkylation sites (tertiary alicyclic amines) is 2. The van der Waals surface area contributed by atoms with Gasteiger partial charge in [0.2, 0.25) is 5.91 Å². The quantitative estimate of drug-likeness (QED) is 0.387. The zero-order chi connectivity index (χ0) is 26.2. The Balaban J connectivity index is 1.44. The van der Waals surface area contributed by atoms with Gasteiger partial charge in [0.25, 0.3) is 5.91 Å². The van der Waals surface area contributed by atoms with Gasteiger partial charge < -0.3 is 15.6 Å². The van der Waals surface area contributed by atoms with Gasteiger partial charge in [-0.2, -0.15) is 0 Å². The Morgan fingerprint density at radius 1 is 0.811 bits per heavy atom. The molecule has 2 aliphatic rings. The van der Waals surface area contributed by atoms with Crippen molar-refractivity contribution in [3.63, 3.8) is 0 Å². The van der Waals surface area contributed by atoms with Crippen LogP contribution in [0.1, 0.15) is 42.6 Å². The molecule has 1 aromatic heterocycles. The molecule has 0 atom stereocenters. The van der Waals surface area contributed by atoms with Gasteiger partial charge in [0, 0.05) is 39.3 Å². The lowest BCUT2D eigenvalue weighted by molar-refractivity contribution is -0.134. The van der Waals surface area contributed by atoms with E-state index in [1.54, 1.807) is 29.2 Å². The molecule has 3 heterocycles. The number of nitrogens with two attached hydrogens (primary N) is 1. The average Bonchev–Trinajstić information content (AvgIpc) is 3.34. The van der Waals surface area contributed by atoms with Gasteiger partial charge in [0.15, 0.2) is 0 Å². The molecule has 37 heavy (non-hydrogen) atoms. The van der Waals surface area contributed by atoms with Crippen molar-refractivity contribution in [1.29, 1.82) is 0 Å². The van der Waals surface area contributed by atoms with Crippen molar-refractivity contribution in [1.82, 2.24) is 14.8 Å². The van der Waals surface area contributed by atoms with Gasteiger partial charge in [-0.25, -0.2) is 0 Å². The number of halogens is 3. The largest absolute Gasteiger partial charge is 0.368 e. The molecule has 9 heteroatoms. The molecular formula is C28H29Cl3N4O2. The van der Waals surface area contributed by atoms with Crippen molar-refractivity contribution in [2.75, 3.05) is 26.2 Å². The fraction of sp³-hybridized carbons (Fsp3) is 0.357. The maximum Gasteiger partial charge on any atom is 0.270 e. The summed E-state index contributed by atoms with van der Waals surface area (Å²) in [6.45, 7) is 2.68. The second kappa shape index (κ2) is 10.7. The molecule has 2 fully saturated rings. The highest BCUT2D eigenvalue weighted by atomic mass is 35.5. The van der Waals surface area contributed by atoms with Gasteiger partial charge in [0.1, 0.15) is 11.2 Å². The standard InChI is InChI=1S/C28H29Cl3N4O2/c29-19-6-4-18(5-7-19)25-22(21-9-8-20(30)16-23(21)31)17-24(33-25)26(36)34-14-10-28(11-15-34,27(32)37)35-12-2-1-3-13-35/h4-9,16-17,33H,1-3,10-15H2,(H2,32,37). The number of piperidine rings is 2. The fourth-order valence-corrected chi connectivity index (χ4v) is 6.26. The first-order valence-corrected chi connectivity index (χ1v) is 13.7. The highest BCUT2D eigenvalue weighted by molar-refractivity contribution is 6.36. The number of benzene rings is 2. The molecule has 3 aromatic rings. The number of aromatic amines is 1. The van der Waals surface area contributed by atoms with Crippen LogP contribution < -0.4 is 5.73 Å². The number of nitrogens with one attached hydrogen (secondary N) is 1. The monoisotopic (exact) mass is 558 g/mol. The highest BCUT2D eigenvalue weighted by Crippen LogP contribution is 2.39. The minimum atomic E-state index is -0.677. The first kappa shape index (κ1) is 26.1. The number of nitrogens with zero attached hydrogens (tertiary/aromatic N) is 2.